The predicted octanol–water partition coefficient (Wildman–Crippen LogP) is 3.81. The Labute approximate surface area is 170 Å². The molecular formula is C20H21F3N2O3S. The summed E-state index contributed by atoms with van der Waals surface area (Å²) in [6, 6.07) is 8.25. The molecule has 156 valence electrons. The van der Waals surface area contributed by atoms with Crippen LogP contribution in [0.25, 0.3) is 0 Å². The molecule has 2 heterocycles. The Hall–Kier alpha value is -2.55. The molecule has 3 rings (SSSR count). The first-order valence-electron chi connectivity index (χ1n) is 9.25. The molecular weight excluding hydrogens is 405 g/mol. The van der Waals surface area contributed by atoms with Gasteiger partial charge in [0.05, 0.1) is 17.0 Å². The Morgan fingerprint density at radius 3 is 2.59 bits per heavy atom. The highest BCUT2D eigenvalue weighted by molar-refractivity contribution is 7.12. The van der Waals surface area contributed by atoms with Gasteiger partial charge in [-0.3, -0.25) is 9.59 Å². The Morgan fingerprint density at radius 2 is 1.93 bits per heavy atom. The van der Waals surface area contributed by atoms with E-state index in [0.717, 1.165) is 12.1 Å². The zero-order chi connectivity index (χ0) is 20.9. The fourth-order valence-electron chi connectivity index (χ4n) is 3.15. The van der Waals surface area contributed by atoms with Crippen molar-refractivity contribution in [3.8, 4) is 5.75 Å². The van der Waals surface area contributed by atoms with Crippen LogP contribution >= 0.6 is 11.3 Å². The summed E-state index contributed by atoms with van der Waals surface area (Å²) < 4.78 is 43.4. The van der Waals surface area contributed by atoms with E-state index in [4.69, 9.17) is 4.74 Å². The van der Waals surface area contributed by atoms with Crippen LogP contribution in [0.4, 0.5) is 13.2 Å². The average Bonchev–Trinajstić information content (AvgIpc) is 3.25. The molecule has 2 aromatic rings. The number of rotatable bonds is 6. The number of nitrogens with zero attached hydrogens (tertiary/aromatic N) is 1. The van der Waals surface area contributed by atoms with E-state index in [2.05, 4.69) is 5.32 Å². The summed E-state index contributed by atoms with van der Waals surface area (Å²) in [5.41, 5.74) is -0.775. The van der Waals surface area contributed by atoms with Crippen LogP contribution in [0.3, 0.4) is 0 Å². The van der Waals surface area contributed by atoms with Crippen molar-refractivity contribution >= 4 is 23.2 Å². The molecule has 0 unspecified atom stereocenters. The molecule has 5 nitrogen and oxygen atoms in total. The van der Waals surface area contributed by atoms with Gasteiger partial charge in [-0.1, -0.05) is 12.1 Å². The number of hydrogen-bond acceptors (Lipinski definition) is 4. The molecule has 1 aromatic carbocycles. The first kappa shape index (κ1) is 21.2. The highest BCUT2D eigenvalue weighted by Crippen LogP contribution is 2.31. The van der Waals surface area contributed by atoms with Crippen molar-refractivity contribution in [1.82, 2.24) is 10.2 Å². The van der Waals surface area contributed by atoms with Crippen molar-refractivity contribution in [1.29, 1.82) is 0 Å². The van der Waals surface area contributed by atoms with Crippen molar-refractivity contribution in [3.05, 3.63) is 52.2 Å². The summed E-state index contributed by atoms with van der Waals surface area (Å²) in [6.07, 6.45) is -3.26. The van der Waals surface area contributed by atoms with Gasteiger partial charge in [0.15, 0.2) is 0 Å². The number of piperidine rings is 1. The van der Waals surface area contributed by atoms with Crippen LogP contribution in [0, 0.1) is 5.92 Å². The van der Waals surface area contributed by atoms with Gasteiger partial charge in [0, 0.05) is 19.0 Å². The lowest BCUT2D eigenvalue weighted by molar-refractivity contribution is -0.137. The summed E-state index contributed by atoms with van der Waals surface area (Å²) in [6.45, 7) is 1.32. The molecule has 1 N–H and O–H groups in total. The lowest BCUT2D eigenvalue weighted by Gasteiger charge is -2.31. The van der Waals surface area contributed by atoms with Crippen LogP contribution < -0.4 is 10.1 Å². The summed E-state index contributed by atoms with van der Waals surface area (Å²) in [5.74, 6) is -0.209. The smallest absolute Gasteiger partial charge is 0.416 e. The molecule has 1 aromatic heterocycles. The van der Waals surface area contributed by atoms with Crippen LogP contribution in [0.5, 0.6) is 5.75 Å². The number of benzene rings is 1. The minimum atomic E-state index is -4.42. The molecule has 0 atom stereocenters. The maximum absolute atomic E-state index is 12.7. The predicted molar refractivity (Wildman–Crippen MR) is 103 cm³/mol. The largest absolute Gasteiger partial charge is 0.492 e. The molecule has 0 spiro atoms. The summed E-state index contributed by atoms with van der Waals surface area (Å²) in [5, 5.41) is 4.61. The van der Waals surface area contributed by atoms with Crippen LogP contribution in [-0.4, -0.2) is 43.0 Å². The molecule has 1 fully saturated rings. The standard InChI is InChI=1S/C20H21F3N2O3S/c21-20(22,23)15-3-1-4-16(13-15)28-11-8-24-18(26)14-6-9-25(10-7-14)19(27)17-5-2-12-29-17/h1-5,12-14H,6-11H2,(H,24,26). The first-order chi connectivity index (χ1) is 13.8. The fraction of sp³-hybridized carbons (Fsp3) is 0.400. The van der Waals surface area contributed by atoms with Crippen molar-refractivity contribution in [2.24, 2.45) is 5.92 Å². The van der Waals surface area contributed by atoms with E-state index in [1.807, 2.05) is 11.4 Å². The number of nitrogens with one attached hydrogen (secondary N) is 1. The number of amides is 2. The molecule has 0 radical (unpaired) electrons. The van der Waals surface area contributed by atoms with Gasteiger partial charge >= 0.3 is 6.18 Å². The van der Waals surface area contributed by atoms with E-state index >= 15 is 0 Å². The van der Waals surface area contributed by atoms with Crippen molar-refractivity contribution in [2.45, 2.75) is 19.0 Å². The second kappa shape index (κ2) is 9.30. The molecule has 1 aliphatic heterocycles. The topological polar surface area (TPSA) is 58.6 Å². The third kappa shape index (κ3) is 5.72. The van der Waals surface area contributed by atoms with Gasteiger partial charge in [-0.25, -0.2) is 0 Å². The zero-order valence-electron chi connectivity index (χ0n) is 15.6. The van der Waals surface area contributed by atoms with Gasteiger partial charge in [-0.2, -0.15) is 13.2 Å². The Morgan fingerprint density at radius 1 is 1.17 bits per heavy atom. The number of alkyl halides is 3. The molecule has 9 heteroatoms. The van der Waals surface area contributed by atoms with Crippen LogP contribution in [-0.2, 0) is 11.0 Å². The second-order valence-corrected chi connectivity index (χ2v) is 7.66. The third-order valence-electron chi connectivity index (χ3n) is 4.72. The monoisotopic (exact) mass is 426 g/mol. The Balaban J connectivity index is 1.38. The number of thiophene rings is 1. The number of carbonyl (C=O) groups is 2. The van der Waals surface area contributed by atoms with Crippen molar-refractivity contribution in [2.75, 3.05) is 26.2 Å². The van der Waals surface area contributed by atoms with E-state index in [9.17, 15) is 22.8 Å². The summed E-state index contributed by atoms with van der Waals surface area (Å²) in [4.78, 5) is 27.1. The number of hydrogen-bond donors (Lipinski definition) is 1. The summed E-state index contributed by atoms with van der Waals surface area (Å²) >= 11 is 1.40. The first-order valence-corrected chi connectivity index (χ1v) is 10.1. The maximum atomic E-state index is 12.7. The molecule has 29 heavy (non-hydrogen) atoms. The number of likely N-dealkylation sites (tertiary alicyclic amines) is 1. The Kier molecular flexibility index (Phi) is 6.79. The van der Waals surface area contributed by atoms with Gasteiger partial charge in [0.25, 0.3) is 5.91 Å². The lowest BCUT2D eigenvalue weighted by Crippen LogP contribution is -2.43. The second-order valence-electron chi connectivity index (χ2n) is 6.71. The van der Waals surface area contributed by atoms with E-state index in [1.165, 1.54) is 23.5 Å². The lowest BCUT2D eigenvalue weighted by atomic mass is 9.96. The maximum Gasteiger partial charge on any atom is 0.416 e. The molecule has 1 saturated heterocycles. The molecule has 0 aliphatic carbocycles. The quantitative estimate of drug-likeness (QED) is 0.715. The van der Waals surface area contributed by atoms with Gasteiger partial charge in [0.2, 0.25) is 5.91 Å². The number of halogens is 3. The fourth-order valence-corrected chi connectivity index (χ4v) is 3.84. The molecule has 0 bridgehead atoms. The van der Waals surface area contributed by atoms with E-state index in [1.54, 1.807) is 11.0 Å². The van der Waals surface area contributed by atoms with E-state index in [-0.39, 0.29) is 36.6 Å². The third-order valence-corrected chi connectivity index (χ3v) is 5.57. The van der Waals surface area contributed by atoms with Crippen LogP contribution in [0.2, 0.25) is 0 Å². The van der Waals surface area contributed by atoms with Gasteiger partial charge in [-0.15, -0.1) is 11.3 Å². The van der Waals surface area contributed by atoms with Crippen molar-refractivity contribution < 1.29 is 27.5 Å². The number of ether oxygens (including phenoxy) is 1. The van der Waals surface area contributed by atoms with Gasteiger partial charge in [0.1, 0.15) is 12.4 Å². The van der Waals surface area contributed by atoms with E-state index < -0.39 is 11.7 Å². The number of carbonyl (C=O) groups excluding carboxylic acids is 2. The molecule has 2 amide bonds. The normalized spacial score (nSPS) is 15.2. The average molecular weight is 426 g/mol. The van der Waals surface area contributed by atoms with Crippen LogP contribution in [0.1, 0.15) is 28.1 Å². The highest BCUT2D eigenvalue weighted by Gasteiger charge is 2.31. The highest BCUT2D eigenvalue weighted by atomic mass is 32.1. The minimum absolute atomic E-state index is 0.00616. The SMILES string of the molecule is O=C(NCCOc1cccc(C(F)(F)F)c1)C1CCN(C(=O)c2cccs2)CC1. The zero-order valence-corrected chi connectivity index (χ0v) is 16.4. The Bertz CT molecular complexity index is 832. The molecule has 1 aliphatic rings. The van der Waals surface area contributed by atoms with Gasteiger partial charge in [-0.05, 0) is 42.5 Å². The van der Waals surface area contributed by atoms with E-state index in [0.29, 0.717) is 30.8 Å². The van der Waals surface area contributed by atoms with Crippen LogP contribution in [0.15, 0.2) is 41.8 Å². The summed E-state index contributed by atoms with van der Waals surface area (Å²) in [7, 11) is 0. The van der Waals surface area contributed by atoms with Crippen molar-refractivity contribution in [3.63, 3.8) is 0 Å². The van der Waals surface area contributed by atoms with Gasteiger partial charge < -0.3 is 15.0 Å². The minimum Gasteiger partial charge on any atom is -0.492 e. The molecule has 0 saturated carbocycles.